The lowest BCUT2D eigenvalue weighted by molar-refractivity contribution is 1.20. The maximum atomic E-state index is 6.27. The number of hydrogen-bond acceptors (Lipinski definition) is 1. The van der Waals surface area contributed by atoms with E-state index in [0.29, 0.717) is 10.9 Å². The molecule has 20 heavy (non-hydrogen) atoms. The summed E-state index contributed by atoms with van der Waals surface area (Å²) in [7, 11) is 0. The highest BCUT2D eigenvalue weighted by molar-refractivity contribution is 6.33. The Balaban J connectivity index is 2.75. The lowest BCUT2D eigenvalue weighted by Gasteiger charge is -2.13. The molecule has 0 saturated carbocycles. The Kier molecular flexibility index (Phi) is 4.64. The minimum absolute atomic E-state index is 0.366. The molecule has 0 N–H and O–H groups in total. The molecule has 0 amide bonds. The van der Waals surface area contributed by atoms with Crippen molar-refractivity contribution in [3.63, 3.8) is 0 Å². The number of benzene rings is 1. The average Bonchev–Trinajstić information content (AvgIpc) is 2.46. The van der Waals surface area contributed by atoms with Crippen molar-refractivity contribution in [1.82, 2.24) is 4.98 Å². The summed E-state index contributed by atoms with van der Waals surface area (Å²) in [5.74, 6) is 0.366. The zero-order valence-corrected chi connectivity index (χ0v) is 12.8. The van der Waals surface area contributed by atoms with Gasteiger partial charge in [0.25, 0.3) is 0 Å². The van der Waals surface area contributed by atoms with Crippen LogP contribution in [0, 0.1) is 0 Å². The van der Waals surface area contributed by atoms with E-state index in [-0.39, 0.29) is 0 Å². The fourth-order valence-corrected chi connectivity index (χ4v) is 2.49. The molecule has 0 aliphatic rings. The summed E-state index contributed by atoms with van der Waals surface area (Å²) < 4.78 is 0. The minimum atomic E-state index is 0.366. The molecule has 0 aliphatic heterocycles. The van der Waals surface area contributed by atoms with Crippen molar-refractivity contribution in [3.05, 3.63) is 65.3 Å². The second-order valence-corrected chi connectivity index (χ2v) is 5.21. The van der Waals surface area contributed by atoms with Crippen LogP contribution in [0.3, 0.4) is 0 Å². The lowest BCUT2D eigenvalue weighted by Crippen LogP contribution is -1.99. The highest BCUT2D eigenvalue weighted by Crippen LogP contribution is 2.32. The zero-order chi connectivity index (χ0) is 14.7. The van der Waals surface area contributed by atoms with Gasteiger partial charge in [0.2, 0.25) is 0 Å². The zero-order valence-electron chi connectivity index (χ0n) is 11.3. The number of nitrogens with zero attached hydrogens (tertiary/aromatic N) is 1. The third-order valence-electron chi connectivity index (χ3n) is 3.03. The van der Waals surface area contributed by atoms with Crippen molar-refractivity contribution in [2.75, 3.05) is 0 Å². The summed E-state index contributed by atoms with van der Waals surface area (Å²) in [5, 5.41) is 0.658. The van der Waals surface area contributed by atoms with Crippen LogP contribution in [0.5, 0.6) is 0 Å². The average molecular weight is 304 g/mol. The van der Waals surface area contributed by atoms with E-state index in [0.717, 1.165) is 33.7 Å². The fraction of sp³-hybridized carbons (Fsp3) is 0.118. The van der Waals surface area contributed by atoms with Gasteiger partial charge in [-0.25, -0.2) is 4.98 Å². The van der Waals surface area contributed by atoms with Crippen molar-refractivity contribution in [2.24, 2.45) is 0 Å². The molecule has 0 radical (unpaired) electrons. The molecule has 0 atom stereocenters. The van der Waals surface area contributed by atoms with E-state index in [1.165, 1.54) is 0 Å². The molecule has 1 aromatic carbocycles. The summed E-state index contributed by atoms with van der Waals surface area (Å²) >= 11 is 12.3. The van der Waals surface area contributed by atoms with Crippen LogP contribution in [-0.2, 0) is 5.88 Å². The maximum absolute atomic E-state index is 6.27. The van der Waals surface area contributed by atoms with Crippen molar-refractivity contribution in [2.45, 2.75) is 12.8 Å². The first-order chi connectivity index (χ1) is 9.58. The Morgan fingerprint density at radius 2 is 2.05 bits per heavy atom. The molecule has 2 aromatic rings. The predicted molar refractivity (Wildman–Crippen MR) is 89.0 cm³/mol. The number of aromatic nitrogens is 1. The van der Waals surface area contributed by atoms with E-state index in [4.69, 9.17) is 28.2 Å². The molecular weight excluding hydrogens is 289 g/mol. The molecule has 0 spiro atoms. The first kappa shape index (κ1) is 14.8. The number of halogens is 2. The van der Waals surface area contributed by atoms with Crippen LogP contribution in [0.4, 0.5) is 0 Å². The Bertz CT molecular complexity index is 675. The van der Waals surface area contributed by atoms with E-state index >= 15 is 0 Å². The van der Waals surface area contributed by atoms with Crippen LogP contribution in [-0.4, -0.2) is 4.98 Å². The van der Waals surface area contributed by atoms with Gasteiger partial charge in [0.1, 0.15) is 0 Å². The third-order valence-corrected chi connectivity index (χ3v) is 3.65. The lowest BCUT2D eigenvalue weighted by atomic mass is 10.0. The van der Waals surface area contributed by atoms with Gasteiger partial charge >= 0.3 is 0 Å². The van der Waals surface area contributed by atoms with Gasteiger partial charge in [-0.3, -0.25) is 0 Å². The van der Waals surface area contributed by atoms with Gasteiger partial charge in [-0.1, -0.05) is 49.0 Å². The molecule has 0 fully saturated rings. The van der Waals surface area contributed by atoms with Crippen molar-refractivity contribution >= 4 is 34.9 Å². The van der Waals surface area contributed by atoms with Gasteiger partial charge in [-0.15, -0.1) is 11.6 Å². The Morgan fingerprint density at radius 3 is 2.60 bits per heavy atom. The largest absolute Gasteiger partial charge is 0.247 e. The van der Waals surface area contributed by atoms with E-state index in [9.17, 15) is 0 Å². The molecular formula is C17H15Cl2N. The monoisotopic (exact) mass is 303 g/mol. The standard InChI is InChI=1S/C17H15Cl2N/c1-4-12-9-13(10-18)17(20-16(12)11(2)3)14-7-5-6-8-15(14)19/h4-9H,1-2,10H2,3H3. The van der Waals surface area contributed by atoms with Crippen LogP contribution >= 0.6 is 23.2 Å². The first-order valence-corrected chi connectivity index (χ1v) is 7.12. The van der Waals surface area contributed by atoms with Gasteiger partial charge in [-0.05, 0) is 30.2 Å². The molecule has 1 nitrogen and oxygen atoms in total. The predicted octanol–water partition coefficient (Wildman–Crippen LogP) is 5.82. The van der Waals surface area contributed by atoms with Gasteiger partial charge in [-0.2, -0.15) is 0 Å². The Morgan fingerprint density at radius 1 is 1.35 bits per heavy atom. The van der Waals surface area contributed by atoms with Gasteiger partial charge in [0.05, 0.1) is 11.4 Å². The Labute approximate surface area is 129 Å². The minimum Gasteiger partial charge on any atom is -0.247 e. The van der Waals surface area contributed by atoms with E-state index in [1.54, 1.807) is 6.08 Å². The normalized spacial score (nSPS) is 10.3. The summed E-state index contributed by atoms with van der Waals surface area (Å²) in [5.41, 5.74) is 5.25. The second kappa shape index (κ2) is 6.25. The fourth-order valence-electron chi connectivity index (χ4n) is 2.06. The molecule has 1 aromatic heterocycles. The molecule has 102 valence electrons. The van der Waals surface area contributed by atoms with Crippen molar-refractivity contribution in [3.8, 4) is 11.3 Å². The van der Waals surface area contributed by atoms with Crippen molar-refractivity contribution in [1.29, 1.82) is 0 Å². The Hall–Kier alpha value is -1.57. The van der Waals surface area contributed by atoms with Crippen LogP contribution in [0.2, 0.25) is 5.02 Å². The topological polar surface area (TPSA) is 12.9 Å². The molecule has 1 heterocycles. The number of alkyl halides is 1. The van der Waals surface area contributed by atoms with Gasteiger partial charge in [0.15, 0.2) is 0 Å². The van der Waals surface area contributed by atoms with Crippen LogP contribution in [0.25, 0.3) is 22.9 Å². The maximum Gasteiger partial charge on any atom is 0.0768 e. The first-order valence-electron chi connectivity index (χ1n) is 6.21. The van der Waals surface area contributed by atoms with Crippen molar-refractivity contribution < 1.29 is 0 Å². The molecule has 0 saturated heterocycles. The number of rotatable bonds is 4. The molecule has 3 heteroatoms. The highest BCUT2D eigenvalue weighted by atomic mass is 35.5. The van der Waals surface area contributed by atoms with Crippen LogP contribution in [0.15, 0.2) is 43.5 Å². The van der Waals surface area contributed by atoms with Gasteiger partial charge < -0.3 is 0 Å². The second-order valence-electron chi connectivity index (χ2n) is 4.53. The number of pyridine rings is 1. The highest BCUT2D eigenvalue weighted by Gasteiger charge is 2.14. The number of allylic oxidation sites excluding steroid dienone is 1. The third kappa shape index (κ3) is 2.79. The smallest absolute Gasteiger partial charge is 0.0768 e. The summed E-state index contributed by atoms with van der Waals surface area (Å²) in [6.45, 7) is 9.71. The molecule has 0 aliphatic carbocycles. The van der Waals surface area contributed by atoms with E-state index in [2.05, 4.69) is 13.2 Å². The molecule has 0 unspecified atom stereocenters. The number of hydrogen-bond donors (Lipinski definition) is 0. The SMILES string of the molecule is C=Cc1cc(CCl)c(-c2ccccc2Cl)nc1C(=C)C. The summed E-state index contributed by atoms with van der Waals surface area (Å²) in [6.07, 6.45) is 1.77. The molecule has 2 rings (SSSR count). The quantitative estimate of drug-likeness (QED) is 0.649. The molecule has 0 bridgehead atoms. The van der Waals surface area contributed by atoms with E-state index in [1.807, 2.05) is 37.3 Å². The van der Waals surface area contributed by atoms with E-state index < -0.39 is 0 Å². The van der Waals surface area contributed by atoms with Crippen LogP contribution < -0.4 is 0 Å². The van der Waals surface area contributed by atoms with Crippen LogP contribution in [0.1, 0.15) is 23.7 Å². The van der Waals surface area contributed by atoms with Gasteiger partial charge in [0, 0.05) is 22.0 Å². The summed E-state index contributed by atoms with van der Waals surface area (Å²) in [6, 6.07) is 9.61. The summed E-state index contributed by atoms with van der Waals surface area (Å²) in [4.78, 5) is 4.71.